The van der Waals surface area contributed by atoms with Gasteiger partial charge in [0.05, 0.1) is 11.6 Å². The Morgan fingerprint density at radius 3 is 2.52 bits per heavy atom. The number of piperazine rings is 1. The van der Waals surface area contributed by atoms with Crippen LogP contribution in [0.5, 0.6) is 0 Å². The van der Waals surface area contributed by atoms with E-state index in [4.69, 9.17) is 17.3 Å². The predicted molar refractivity (Wildman–Crippen MR) is 77.0 cm³/mol. The van der Waals surface area contributed by atoms with Gasteiger partial charge in [-0.3, -0.25) is 14.9 Å². The molecule has 0 radical (unpaired) electrons. The van der Waals surface area contributed by atoms with E-state index in [9.17, 15) is 18.0 Å². The summed E-state index contributed by atoms with van der Waals surface area (Å²) in [6.07, 6.45) is 0. The third kappa shape index (κ3) is 2.61. The van der Waals surface area contributed by atoms with E-state index in [0.29, 0.717) is 5.69 Å². The van der Waals surface area contributed by atoms with Crippen molar-refractivity contribution in [3.63, 3.8) is 0 Å². The maximum absolute atomic E-state index is 12.7. The molecule has 0 unspecified atom stereocenters. The molecule has 0 aromatic heterocycles. The number of amides is 2. The van der Waals surface area contributed by atoms with E-state index in [-0.39, 0.29) is 9.92 Å². The van der Waals surface area contributed by atoms with Gasteiger partial charge in [-0.15, -0.1) is 0 Å². The van der Waals surface area contributed by atoms with E-state index in [1.807, 2.05) is 0 Å². The number of hydrogen-bond acceptors (Lipinski definition) is 5. The minimum Gasteiger partial charge on any atom is -0.399 e. The van der Waals surface area contributed by atoms with Crippen molar-refractivity contribution >= 4 is 39.1 Å². The SMILES string of the molecule is CC1(C)C(=O)NC(=O)CN1S(=O)(=O)c1ccc(N)cc1Cl. The summed E-state index contributed by atoms with van der Waals surface area (Å²) in [5.41, 5.74) is 4.44. The Morgan fingerprint density at radius 2 is 1.95 bits per heavy atom. The topological polar surface area (TPSA) is 110 Å². The van der Waals surface area contributed by atoms with E-state index in [1.165, 1.54) is 32.0 Å². The molecule has 1 fully saturated rings. The number of hydrogen-bond donors (Lipinski definition) is 2. The first-order valence-corrected chi connectivity index (χ1v) is 7.81. The summed E-state index contributed by atoms with van der Waals surface area (Å²) in [4.78, 5) is 23.2. The molecule has 1 aliphatic rings. The fourth-order valence-corrected chi connectivity index (χ4v) is 4.23. The highest BCUT2D eigenvalue weighted by Crippen LogP contribution is 2.31. The van der Waals surface area contributed by atoms with Crippen molar-refractivity contribution in [2.24, 2.45) is 0 Å². The Hall–Kier alpha value is -1.64. The number of nitrogens with zero attached hydrogens (tertiary/aromatic N) is 1. The lowest BCUT2D eigenvalue weighted by atomic mass is 10.0. The zero-order valence-electron chi connectivity index (χ0n) is 11.4. The fraction of sp³-hybridized carbons (Fsp3) is 0.333. The zero-order chi connectivity index (χ0) is 16.0. The summed E-state index contributed by atoms with van der Waals surface area (Å²) < 4.78 is 26.2. The first-order valence-electron chi connectivity index (χ1n) is 5.99. The van der Waals surface area contributed by atoms with Crippen LogP contribution in [0, 0.1) is 0 Å². The highest BCUT2D eigenvalue weighted by Gasteiger charge is 2.48. The first kappa shape index (κ1) is 15.7. The van der Waals surface area contributed by atoms with Gasteiger partial charge in [0.1, 0.15) is 10.4 Å². The second-order valence-corrected chi connectivity index (χ2v) is 7.38. The van der Waals surface area contributed by atoms with Crippen molar-refractivity contribution < 1.29 is 18.0 Å². The number of nitrogen functional groups attached to an aromatic ring is 1. The van der Waals surface area contributed by atoms with Crippen LogP contribution in [0.25, 0.3) is 0 Å². The van der Waals surface area contributed by atoms with Gasteiger partial charge in [0.25, 0.3) is 0 Å². The van der Waals surface area contributed by atoms with Crippen molar-refractivity contribution in [1.82, 2.24) is 9.62 Å². The number of nitrogens with two attached hydrogens (primary N) is 1. The summed E-state index contributed by atoms with van der Waals surface area (Å²) in [5, 5.41) is 2.04. The van der Waals surface area contributed by atoms with Gasteiger partial charge in [-0.05, 0) is 32.0 Å². The second-order valence-electron chi connectivity index (χ2n) is 5.14. The molecule has 1 aliphatic heterocycles. The molecule has 7 nitrogen and oxygen atoms in total. The molecule has 0 aliphatic carbocycles. The summed E-state index contributed by atoms with van der Waals surface area (Å²) in [7, 11) is -4.12. The number of nitrogens with one attached hydrogen (secondary N) is 1. The van der Waals surface area contributed by atoms with Crippen LogP contribution < -0.4 is 11.1 Å². The Morgan fingerprint density at radius 1 is 1.33 bits per heavy atom. The lowest BCUT2D eigenvalue weighted by molar-refractivity contribution is -0.141. The molecule has 114 valence electrons. The fourth-order valence-electron chi connectivity index (χ4n) is 1.99. The summed E-state index contributed by atoms with van der Waals surface area (Å²) in [6.45, 7) is 2.37. The smallest absolute Gasteiger partial charge is 0.247 e. The Kier molecular flexibility index (Phi) is 3.73. The standard InChI is InChI=1S/C12H14ClN3O4S/c1-12(2)11(18)15-10(17)6-16(12)21(19,20)9-4-3-7(14)5-8(9)13/h3-5H,6,14H2,1-2H3,(H,15,17,18). The van der Waals surface area contributed by atoms with Gasteiger partial charge in [0.2, 0.25) is 21.8 Å². The number of anilines is 1. The molecular weight excluding hydrogens is 318 g/mol. The molecule has 21 heavy (non-hydrogen) atoms. The Labute approximate surface area is 127 Å². The van der Waals surface area contributed by atoms with Gasteiger partial charge in [-0.1, -0.05) is 11.6 Å². The van der Waals surface area contributed by atoms with Gasteiger partial charge in [-0.2, -0.15) is 4.31 Å². The number of benzene rings is 1. The lowest BCUT2D eigenvalue weighted by Crippen LogP contribution is -2.65. The zero-order valence-corrected chi connectivity index (χ0v) is 13.0. The highest BCUT2D eigenvalue weighted by atomic mass is 35.5. The minimum atomic E-state index is -4.12. The predicted octanol–water partition coefficient (Wildman–Crippen LogP) is 0.348. The van der Waals surface area contributed by atoms with Gasteiger partial charge in [0.15, 0.2) is 0 Å². The minimum absolute atomic E-state index is 0.0655. The van der Waals surface area contributed by atoms with Crippen LogP contribution >= 0.6 is 11.6 Å². The number of halogens is 1. The molecule has 0 saturated carbocycles. The van der Waals surface area contributed by atoms with Gasteiger partial charge in [0, 0.05) is 5.69 Å². The molecule has 1 saturated heterocycles. The van der Waals surface area contributed by atoms with Crippen LogP contribution in [0.2, 0.25) is 5.02 Å². The second kappa shape index (κ2) is 4.97. The largest absolute Gasteiger partial charge is 0.399 e. The number of imide groups is 1. The van der Waals surface area contributed by atoms with E-state index in [2.05, 4.69) is 5.32 Å². The van der Waals surface area contributed by atoms with E-state index in [1.54, 1.807) is 0 Å². The number of carbonyl (C=O) groups excluding carboxylic acids is 2. The van der Waals surface area contributed by atoms with Crippen LogP contribution in [0.4, 0.5) is 5.69 Å². The van der Waals surface area contributed by atoms with Crippen molar-refractivity contribution in [1.29, 1.82) is 0 Å². The van der Waals surface area contributed by atoms with Crippen LogP contribution in [0.15, 0.2) is 23.1 Å². The molecule has 2 amide bonds. The maximum atomic E-state index is 12.7. The highest BCUT2D eigenvalue weighted by molar-refractivity contribution is 7.89. The monoisotopic (exact) mass is 331 g/mol. The average Bonchev–Trinajstić information content (AvgIpc) is 2.33. The van der Waals surface area contributed by atoms with Crippen molar-refractivity contribution in [2.45, 2.75) is 24.3 Å². The Bertz CT molecular complexity index is 730. The number of rotatable bonds is 2. The molecule has 0 spiro atoms. The van der Waals surface area contributed by atoms with Crippen LogP contribution in [-0.4, -0.2) is 36.6 Å². The molecule has 1 aromatic carbocycles. The molecule has 9 heteroatoms. The third-order valence-electron chi connectivity index (χ3n) is 3.24. The molecule has 0 atom stereocenters. The number of sulfonamides is 1. The maximum Gasteiger partial charge on any atom is 0.247 e. The average molecular weight is 332 g/mol. The third-order valence-corrected chi connectivity index (χ3v) is 5.75. The van der Waals surface area contributed by atoms with Gasteiger partial charge >= 0.3 is 0 Å². The van der Waals surface area contributed by atoms with Crippen LogP contribution in [0.1, 0.15) is 13.8 Å². The van der Waals surface area contributed by atoms with Crippen molar-refractivity contribution in [3.05, 3.63) is 23.2 Å². The Balaban J connectivity index is 2.56. The molecule has 1 heterocycles. The lowest BCUT2D eigenvalue weighted by Gasteiger charge is -2.38. The molecule has 1 aromatic rings. The summed E-state index contributed by atoms with van der Waals surface area (Å²) in [5.74, 6) is -1.37. The van der Waals surface area contributed by atoms with E-state index >= 15 is 0 Å². The van der Waals surface area contributed by atoms with E-state index in [0.717, 1.165) is 4.31 Å². The molecule has 2 rings (SSSR count). The quantitative estimate of drug-likeness (QED) is 0.600. The molecule has 0 bridgehead atoms. The van der Waals surface area contributed by atoms with Crippen molar-refractivity contribution in [3.8, 4) is 0 Å². The van der Waals surface area contributed by atoms with Crippen molar-refractivity contribution in [2.75, 3.05) is 12.3 Å². The van der Waals surface area contributed by atoms with E-state index < -0.39 is 33.9 Å². The van der Waals surface area contributed by atoms with Crippen LogP contribution in [0.3, 0.4) is 0 Å². The summed E-state index contributed by atoms with van der Waals surface area (Å²) >= 11 is 5.93. The normalized spacial score (nSPS) is 19.4. The molecular formula is C12H14ClN3O4S. The van der Waals surface area contributed by atoms with Crippen LogP contribution in [-0.2, 0) is 19.6 Å². The molecule has 3 N–H and O–H groups in total. The number of carbonyl (C=O) groups is 2. The first-order chi connectivity index (χ1) is 9.56. The van der Waals surface area contributed by atoms with Gasteiger partial charge in [-0.25, -0.2) is 8.42 Å². The summed E-state index contributed by atoms with van der Waals surface area (Å²) in [6, 6.07) is 3.94. The van der Waals surface area contributed by atoms with Gasteiger partial charge < -0.3 is 5.73 Å².